The van der Waals surface area contributed by atoms with E-state index in [9.17, 15) is 13.2 Å². The maximum atomic E-state index is 12.3. The van der Waals surface area contributed by atoms with Crippen LogP contribution in [0.5, 0.6) is 0 Å². The molecule has 0 aliphatic rings. The second kappa shape index (κ2) is 7.48. The monoisotopic (exact) mass is 350 g/mol. The maximum absolute atomic E-state index is 12.3. The summed E-state index contributed by atoms with van der Waals surface area (Å²) in [6, 6.07) is 8.68. The molecule has 0 aliphatic carbocycles. The Balaban J connectivity index is 2.05. The normalized spacial score (nSPS) is 12.6. The number of nitrogens with zero attached hydrogens (tertiary/aromatic N) is 3. The highest BCUT2D eigenvalue weighted by Crippen LogP contribution is 2.18. The van der Waals surface area contributed by atoms with Crippen LogP contribution in [0.25, 0.3) is 0 Å². The van der Waals surface area contributed by atoms with Gasteiger partial charge in [0.15, 0.2) is 0 Å². The van der Waals surface area contributed by atoms with Crippen molar-refractivity contribution in [2.75, 3.05) is 17.1 Å². The summed E-state index contributed by atoms with van der Waals surface area (Å²) in [6.45, 7) is 3.97. The van der Waals surface area contributed by atoms with Crippen LogP contribution < -0.4 is 9.62 Å². The summed E-state index contributed by atoms with van der Waals surface area (Å²) >= 11 is 0. The van der Waals surface area contributed by atoms with E-state index in [1.54, 1.807) is 41.3 Å². The highest BCUT2D eigenvalue weighted by molar-refractivity contribution is 7.92. The second-order valence-electron chi connectivity index (χ2n) is 5.81. The highest BCUT2D eigenvalue weighted by atomic mass is 32.2. The average molecular weight is 350 g/mol. The molecule has 7 nitrogen and oxygen atoms in total. The minimum atomic E-state index is -3.56. The Bertz CT molecular complexity index is 787. The molecule has 1 aromatic heterocycles. The van der Waals surface area contributed by atoms with E-state index >= 15 is 0 Å². The molecule has 0 bridgehead atoms. The van der Waals surface area contributed by atoms with Crippen LogP contribution in [-0.2, 0) is 21.4 Å². The number of nitrogens with one attached hydrogen (secondary N) is 1. The summed E-state index contributed by atoms with van der Waals surface area (Å²) in [5.41, 5.74) is 1.40. The lowest BCUT2D eigenvalue weighted by molar-refractivity contribution is -0.120. The molecule has 1 heterocycles. The molecule has 0 fully saturated rings. The Labute approximate surface area is 142 Å². The lowest BCUT2D eigenvalue weighted by atomic mass is 10.2. The van der Waals surface area contributed by atoms with Crippen LogP contribution in [0, 0.1) is 6.92 Å². The molecule has 0 aliphatic heterocycles. The van der Waals surface area contributed by atoms with Crippen molar-refractivity contribution in [1.29, 1.82) is 0 Å². The van der Waals surface area contributed by atoms with Crippen molar-refractivity contribution in [3.8, 4) is 0 Å². The van der Waals surface area contributed by atoms with Crippen LogP contribution in [-0.4, -0.2) is 42.9 Å². The number of hydrogen-bond donors (Lipinski definition) is 1. The van der Waals surface area contributed by atoms with E-state index in [-0.39, 0.29) is 18.5 Å². The van der Waals surface area contributed by atoms with Gasteiger partial charge in [-0.15, -0.1) is 0 Å². The Morgan fingerprint density at radius 2 is 2.12 bits per heavy atom. The molecule has 1 amide bonds. The van der Waals surface area contributed by atoms with E-state index in [4.69, 9.17) is 0 Å². The third-order valence-electron chi connectivity index (χ3n) is 3.40. The number of anilines is 1. The summed E-state index contributed by atoms with van der Waals surface area (Å²) in [4.78, 5) is 12.3. The van der Waals surface area contributed by atoms with Crippen molar-refractivity contribution in [2.45, 2.75) is 26.4 Å². The molecule has 2 rings (SSSR count). The van der Waals surface area contributed by atoms with Crippen molar-refractivity contribution in [2.24, 2.45) is 0 Å². The zero-order valence-electron chi connectivity index (χ0n) is 14.0. The molecule has 2 aromatic rings. The molecule has 1 unspecified atom stereocenters. The molecule has 0 radical (unpaired) electrons. The van der Waals surface area contributed by atoms with Crippen molar-refractivity contribution in [1.82, 2.24) is 15.1 Å². The molecule has 130 valence electrons. The first-order valence-electron chi connectivity index (χ1n) is 7.57. The summed E-state index contributed by atoms with van der Waals surface area (Å²) in [5, 5.41) is 6.88. The molecule has 1 N–H and O–H groups in total. The molecule has 0 spiro atoms. The molecule has 8 heteroatoms. The number of aromatic nitrogens is 2. The summed E-state index contributed by atoms with van der Waals surface area (Å²) in [5.74, 6) is -0.360. The maximum Gasteiger partial charge on any atom is 0.241 e. The van der Waals surface area contributed by atoms with Crippen LogP contribution in [0.4, 0.5) is 5.69 Å². The number of carbonyl (C=O) groups is 1. The number of hydrogen-bond acceptors (Lipinski definition) is 4. The van der Waals surface area contributed by atoms with Gasteiger partial charge in [0.05, 0.1) is 18.5 Å². The average Bonchev–Trinajstić information content (AvgIpc) is 2.96. The Kier molecular flexibility index (Phi) is 5.61. The van der Waals surface area contributed by atoms with Gasteiger partial charge in [0.25, 0.3) is 0 Å². The summed E-state index contributed by atoms with van der Waals surface area (Å²) in [7, 11) is -3.56. The van der Waals surface area contributed by atoms with Gasteiger partial charge in [0.2, 0.25) is 15.9 Å². The molecule has 0 saturated carbocycles. The molecule has 1 aromatic carbocycles. The zero-order chi connectivity index (χ0) is 17.7. The smallest absolute Gasteiger partial charge is 0.241 e. The van der Waals surface area contributed by atoms with Crippen molar-refractivity contribution in [3.05, 3.63) is 48.3 Å². The molecule has 1 atom stereocenters. The van der Waals surface area contributed by atoms with Crippen LogP contribution in [0.1, 0.15) is 12.5 Å². The predicted molar refractivity (Wildman–Crippen MR) is 93.2 cm³/mol. The van der Waals surface area contributed by atoms with E-state index in [1.165, 1.54) is 0 Å². The third-order valence-corrected chi connectivity index (χ3v) is 4.55. The van der Waals surface area contributed by atoms with Gasteiger partial charge in [-0.2, -0.15) is 5.10 Å². The van der Waals surface area contributed by atoms with Crippen molar-refractivity contribution < 1.29 is 13.2 Å². The first kappa shape index (κ1) is 18.0. The minimum Gasteiger partial charge on any atom is -0.350 e. The van der Waals surface area contributed by atoms with Gasteiger partial charge < -0.3 is 5.32 Å². The lowest BCUT2D eigenvalue weighted by Gasteiger charge is -2.23. The van der Waals surface area contributed by atoms with Gasteiger partial charge in [0, 0.05) is 18.4 Å². The number of sulfonamides is 1. The Hall–Kier alpha value is -2.35. The van der Waals surface area contributed by atoms with Gasteiger partial charge in [-0.05, 0) is 37.6 Å². The number of benzene rings is 1. The minimum absolute atomic E-state index is 0.170. The zero-order valence-corrected chi connectivity index (χ0v) is 14.8. The first-order valence-corrected chi connectivity index (χ1v) is 9.41. The second-order valence-corrected chi connectivity index (χ2v) is 7.71. The van der Waals surface area contributed by atoms with Gasteiger partial charge >= 0.3 is 0 Å². The SMILES string of the molecule is Cc1cccc(N(CC(=O)NC(C)Cn2cccn2)S(C)(=O)=O)c1. The standard InChI is InChI=1S/C16H22N4O3S/c1-13-6-4-7-15(10-13)20(24(3,22)23)12-16(21)18-14(2)11-19-9-5-8-17-19/h4-10,14H,11-12H2,1-3H3,(H,18,21). The number of amides is 1. The number of carbonyl (C=O) groups excluding carboxylic acids is 1. The summed E-state index contributed by atoms with van der Waals surface area (Å²) < 4.78 is 26.9. The fraction of sp³-hybridized carbons (Fsp3) is 0.375. The fourth-order valence-corrected chi connectivity index (χ4v) is 3.22. The fourth-order valence-electron chi connectivity index (χ4n) is 2.37. The quantitative estimate of drug-likeness (QED) is 0.812. The van der Waals surface area contributed by atoms with E-state index in [0.29, 0.717) is 12.2 Å². The van der Waals surface area contributed by atoms with Gasteiger partial charge in [-0.1, -0.05) is 12.1 Å². The molecular weight excluding hydrogens is 328 g/mol. The van der Waals surface area contributed by atoms with E-state index in [1.807, 2.05) is 19.9 Å². The number of rotatable bonds is 7. The Morgan fingerprint density at radius 1 is 1.38 bits per heavy atom. The van der Waals surface area contributed by atoms with E-state index < -0.39 is 10.0 Å². The molecular formula is C16H22N4O3S. The van der Waals surface area contributed by atoms with Gasteiger partial charge in [-0.25, -0.2) is 8.42 Å². The Morgan fingerprint density at radius 3 is 2.71 bits per heavy atom. The van der Waals surface area contributed by atoms with Crippen LogP contribution in [0.2, 0.25) is 0 Å². The van der Waals surface area contributed by atoms with Gasteiger partial charge in [-0.3, -0.25) is 13.8 Å². The largest absolute Gasteiger partial charge is 0.350 e. The van der Waals surface area contributed by atoms with Crippen molar-refractivity contribution in [3.63, 3.8) is 0 Å². The van der Waals surface area contributed by atoms with Crippen LogP contribution >= 0.6 is 0 Å². The predicted octanol–water partition coefficient (Wildman–Crippen LogP) is 1.16. The number of aryl methyl sites for hydroxylation is 1. The van der Waals surface area contributed by atoms with E-state index in [0.717, 1.165) is 16.1 Å². The highest BCUT2D eigenvalue weighted by Gasteiger charge is 2.21. The third kappa shape index (κ3) is 5.09. The topological polar surface area (TPSA) is 84.3 Å². The molecule has 24 heavy (non-hydrogen) atoms. The summed E-state index contributed by atoms with van der Waals surface area (Å²) in [6.07, 6.45) is 4.56. The van der Waals surface area contributed by atoms with Crippen molar-refractivity contribution >= 4 is 21.6 Å². The van der Waals surface area contributed by atoms with E-state index in [2.05, 4.69) is 10.4 Å². The van der Waals surface area contributed by atoms with Crippen LogP contribution in [0.15, 0.2) is 42.7 Å². The first-order chi connectivity index (χ1) is 11.3. The lowest BCUT2D eigenvalue weighted by Crippen LogP contribution is -2.44. The molecule has 0 saturated heterocycles. The van der Waals surface area contributed by atoms with Gasteiger partial charge in [0.1, 0.15) is 6.54 Å². The van der Waals surface area contributed by atoms with Crippen LogP contribution in [0.3, 0.4) is 0 Å².